The molecule has 3 rings (SSSR count). The molecule has 1 aromatic carbocycles. The van der Waals surface area contributed by atoms with Gasteiger partial charge in [-0.1, -0.05) is 70.4 Å². The highest BCUT2D eigenvalue weighted by atomic mass is 16.1. The molecule has 2 aliphatic carbocycles. The molecule has 1 unspecified atom stereocenters. The predicted molar refractivity (Wildman–Crippen MR) is 115 cm³/mol. The van der Waals surface area contributed by atoms with E-state index in [-0.39, 0.29) is 11.7 Å². The zero-order chi connectivity index (χ0) is 19.2. The molecule has 1 nitrogen and oxygen atoms in total. The first-order valence-corrected chi connectivity index (χ1v) is 11.4. The van der Waals surface area contributed by atoms with Crippen LogP contribution in [0.25, 0.3) is 0 Å². The van der Waals surface area contributed by atoms with Crippen LogP contribution in [0.3, 0.4) is 0 Å². The minimum atomic E-state index is -0.0740. The Kier molecular flexibility index (Phi) is 7.33. The number of ketones is 1. The Hall–Kier alpha value is -1.37. The molecule has 0 spiro atoms. The molecular formula is C26H38O. The zero-order valence-corrected chi connectivity index (χ0v) is 17.5. The molecule has 1 atom stereocenters. The fourth-order valence-electron chi connectivity index (χ4n) is 5.68. The summed E-state index contributed by atoms with van der Waals surface area (Å²) in [6.07, 6.45) is 15.7. The van der Waals surface area contributed by atoms with Crippen LogP contribution in [0.5, 0.6) is 0 Å². The van der Waals surface area contributed by atoms with Crippen LogP contribution in [0, 0.1) is 17.8 Å². The van der Waals surface area contributed by atoms with E-state index in [1.165, 1.54) is 75.8 Å². The monoisotopic (exact) mass is 366 g/mol. The average molecular weight is 367 g/mol. The summed E-state index contributed by atoms with van der Waals surface area (Å²) >= 11 is 0. The fraction of sp³-hybridized carbons (Fsp3) is 0.654. The van der Waals surface area contributed by atoms with E-state index in [4.69, 9.17) is 0 Å². The largest absolute Gasteiger partial charge is 0.294 e. The molecule has 0 aromatic heterocycles. The van der Waals surface area contributed by atoms with E-state index in [1.54, 1.807) is 0 Å². The van der Waals surface area contributed by atoms with Crippen LogP contribution in [-0.2, 0) is 4.79 Å². The normalized spacial score (nSPS) is 29.9. The molecule has 0 saturated heterocycles. The first-order valence-electron chi connectivity index (χ1n) is 11.4. The molecule has 0 heterocycles. The van der Waals surface area contributed by atoms with Crippen LogP contribution in [0.4, 0.5) is 0 Å². The molecule has 2 saturated carbocycles. The summed E-state index contributed by atoms with van der Waals surface area (Å²) in [5, 5.41) is 0. The molecule has 148 valence electrons. The lowest BCUT2D eigenvalue weighted by Crippen LogP contribution is -2.25. The lowest BCUT2D eigenvalue weighted by Gasteiger charge is -2.38. The van der Waals surface area contributed by atoms with E-state index >= 15 is 0 Å². The Morgan fingerprint density at radius 2 is 1.56 bits per heavy atom. The van der Waals surface area contributed by atoms with Gasteiger partial charge < -0.3 is 0 Å². The van der Waals surface area contributed by atoms with Gasteiger partial charge in [-0.2, -0.15) is 0 Å². The van der Waals surface area contributed by atoms with Crippen molar-refractivity contribution in [1.82, 2.24) is 0 Å². The van der Waals surface area contributed by atoms with Crippen molar-refractivity contribution in [3.8, 4) is 0 Å². The summed E-state index contributed by atoms with van der Waals surface area (Å²) in [5.41, 5.74) is 2.59. The summed E-state index contributed by atoms with van der Waals surface area (Å²) in [7, 11) is 0. The van der Waals surface area contributed by atoms with Crippen molar-refractivity contribution in [3.63, 3.8) is 0 Å². The van der Waals surface area contributed by atoms with Crippen LogP contribution in [0.2, 0.25) is 0 Å². The van der Waals surface area contributed by atoms with E-state index in [1.807, 2.05) is 6.92 Å². The number of benzene rings is 1. The van der Waals surface area contributed by atoms with Gasteiger partial charge in [0.2, 0.25) is 0 Å². The highest BCUT2D eigenvalue weighted by Crippen LogP contribution is 2.44. The van der Waals surface area contributed by atoms with Gasteiger partial charge in [0.05, 0.1) is 0 Å². The van der Waals surface area contributed by atoms with E-state index in [9.17, 15) is 4.79 Å². The second kappa shape index (κ2) is 9.71. The second-order valence-corrected chi connectivity index (χ2v) is 9.18. The van der Waals surface area contributed by atoms with Crippen LogP contribution < -0.4 is 0 Å². The lowest BCUT2D eigenvalue weighted by atomic mass is 9.68. The van der Waals surface area contributed by atoms with Crippen molar-refractivity contribution in [3.05, 3.63) is 48.0 Å². The molecular weight excluding hydrogens is 328 g/mol. The summed E-state index contributed by atoms with van der Waals surface area (Å²) in [6.45, 7) is 7.91. The van der Waals surface area contributed by atoms with Crippen LogP contribution in [0.15, 0.2) is 36.9 Å². The number of carbonyl (C=O) groups is 1. The zero-order valence-electron chi connectivity index (χ0n) is 17.5. The standard InChI is InChI=1S/C26H38O/c1-4-6-20-7-9-22(10-8-20)24-15-17-25(18-16-24)23-13-11-21(12-14-23)19(3)26(27)5-2/h5,11-14,19-20,22,24-25H,2,4,6-10,15-18H2,1,3H3. The van der Waals surface area contributed by atoms with Gasteiger partial charge in [-0.05, 0) is 79.4 Å². The smallest absolute Gasteiger partial charge is 0.162 e. The summed E-state index contributed by atoms with van der Waals surface area (Å²) in [5.74, 6) is 3.76. The third-order valence-electron chi connectivity index (χ3n) is 7.56. The van der Waals surface area contributed by atoms with Crippen molar-refractivity contribution in [2.24, 2.45) is 17.8 Å². The van der Waals surface area contributed by atoms with Crippen molar-refractivity contribution in [2.75, 3.05) is 0 Å². The Bertz CT molecular complexity index is 598. The van der Waals surface area contributed by atoms with E-state index in [2.05, 4.69) is 37.8 Å². The van der Waals surface area contributed by atoms with Gasteiger partial charge in [-0.25, -0.2) is 0 Å². The minimum absolute atomic E-state index is 0.0740. The molecule has 2 fully saturated rings. The van der Waals surface area contributed by atoms with Crippen molar-refractivity contribution >= 4 is 5.78 Å². The number of rotatable bonds is 7. The van der Waals surface area contributed by atoms with Gasteiger partial charge in [0.25, 0.3) is 0 Å². The molecule has 0 N–H and O–H groups in total. The maximum Gasteiger partial charge on any atom is 0.162 e. The highest BCUT2D eigenvalue weighted by molar-refractivity contribution is 5.94. The van der Waals surface area contributed by atoms with Gasteiger partial charge in [0.15, 0.2) is 5.78 Å². The van der Waals surface area contributed by atoms with Gasteiger partial charge in [0.1, 0.15) is 0 Å². The Morgan fingerprint density at radius 1 is 1.00 bits per heavy atom. The quantitative estimate of drug-likeness (QED) is 0.459. The van der Waals surface area contributed by atoms with Crippen molar-refractivity contribution in [2.45, 2.75) is 89.9 Å². The second-order valence-electron chi connectivity index (χ2n) is 9.18. The molecule has 0 radical (unpaired) electrons. The summed E-state index contributed by atoms with van der Waals surface area (Å²) in [6, 6.07) is 8.84. The molecule has 0 aliphatic heterocycles. The lowest BCUT2D eigenvalue weighted by molar-refractivity contribution is -0.115. The number of allylic oxidation sites excluding steroid dienone is 1. The van der Waals surface area contributed by atoms with Crippen molar-refractivity contribution in [1.29, 1.82) is 0 Å². The first kappa shape index (κ1) is 20.4. The molecule has 1 aromatic rings. The molecule has 0 bridgehead atoms. The fourth-order valence-corrected chi connectivity index (χ4v) is 5.68. The molecule has 0 amide bonds. The number of carbonyl (C=O) groups excluding carboxylic acids is 1. The van der Waals surface area contributed by atoms with Gasteiger partial charge in [-0.15, -0.1) is 0 Å². The molecule has 2 aliphatic rings. The topological polar surface area (TPSA) is 17.1 Å². The summed E-state index contributed by atoms with van der Waals surface area (Å²) in [4.78, 5) is 11.8. The van der Waals surface area contributed by atoms with Crippen LogP contribution >= 0.6 is 0 Å². The van der Waals surface area contributed by atoms with Gasteiger partial charge in [-0.3, -0.25) is 4.79 Å². The Labute approximate surface area is 166 Å². The van der Waals surface area contributed by atoms with E-state index in [0.717, 1.165) is 29.2 Å². The van der Waals surface area contributed by atoms with Gasteiger partial charge >= 0.3 is 0 Å². The SMILES string of the molecule is C=CC(=O)C(C)c1ccc(C2CCC(C3CCC(CCC)CC3)CC2)cc1. The highest BCUT2D eigenvalue weighted by Gasteiger charge is 2.31. The Morgan fingerprint density at radius 3 is 2.07 bits per heavy atom. The first-order chi connectivity index (χ1) is 13.1. The minimum Gasteiger partial charge on any atom is -0.294 e. The summed E-state index contributed by atoms with van der Waals surface area (Å²) < 4.78 is 0. The average Bonchev–Trinajstić information content (AvgIpc) is 2.74. The third-order valence-corrected chi connectivity index (χ3v) is 7.56. The molecule has 1 heteroatoms. The van der Waals surface area contributed by atoms with Crippen LogP contribution in [-0.4, -0.2) is 5.78 Å². The van der Waals surface area contributed by atoms with E-state index in [0.29, 0.717) is 0 Å². The predicted octanol–water partition coefficient (Wildman–Crippen LogP) is 7.43. The van der Waals surface area contributed by atoms with Gasteiger partial charge in [0, 0.05) is 5.92 Å². The van der Waals surface area contributed by atoms with Crippen molar-refractivity contribution < 1.29 is 4.79 Å². The Balaban J connectivity index is 1.49. The number of hydrogen-bond donors (Lipinski definition) is 0. The van der Waals surface area contributed by atoms with E-state index < -0.39 is 0 Å². The number of hydrogen-bond acceptors (Lipinski definition) is 1. The third kappa shape index (κ3) is 5.12. The molecule has 27 heavy (non-hydrogen) atoms. The van der Waals surface area contributed by atoms with Crippen LogP contribution in [0.1, 0.15) is 101 Å². The maximum atomic E-state index is 11.8. The maximum absolute atomic E-state index is 11.8.